The summed E-state index contributed by atoms with van der Waals surface area (Å²) in [4.78, 5) is 14.1. The summed E-state index contributed by atoms with van der Waals surface area (Å²) in [5.74, 6) is 1.45. The van der Waals surface area contributed by atoms with Crippen LogP contribution in [0.3, 0.4) is 0 Å². The Hall–Kier alpha value is -1.75. The molecule has 1 fully saturated rings. The third-order valence-corrected chi connectivity index (χ3v) is 3.93. The molecule has 2 aliphatic rings. The van der Waals surface area contributed by atoms with Crippen LogP contribution in [0.25, 0.3) is 0 Å². The lowest BCUT2D eigenvalue weighted by atomic mass is 10.2. The maximum atomic E-state index is 12.0. The fourth-order valence-electron chi connectivity index (χ4n) is 2.96. The van der Waals surface area contributed by atoms with E-state index in [1.54, 1.807) is 0 Å². The van der Waals surface area contributed by atoms with Gasteiger partial charge in [0.25, 0.3) is 0 Å². The number of ether oxygens (including phenoxy) is 3. The number of esters is 1. The van der Waals surface area contributed by atoms with Crippen LogP contribution in [0.1, 0.15) is 19.8 Å². The van der Waals surface area contributed by atoms with Crippen LogP contribution in [0.4, 0.5) is 0 Å². The Kier molecular flexibility index (Phi) is 4.29. The lowest BCUT2D eigenvalue weighted by Crippen LogP contribution is -2.45. The summed E-state index contributed by atoms with van der Waals surface area (Å²) in [6.07, 6.45) is 1.84. The van der Waals surface area contributed by atoms with Crippen LogP contribution >= 0.6 is 0 Å². The lowest BCUT2D eigenvalue weighted by Gasteiger charge is -2.31. The van der Waals surface area contributed by atoms with Crippen LogP contribution in [-0.4, -0.2) is 49.3 Å². The predicted molar refractivity (Wildman–Crippen MR) is 77.6 cm³/mol. The second-order valence-electron chi connectivity index (χ2n) is 5.40. The third kappa shape index (κ3) is 3.13. The van der Waals surface area contributed by atoms with Crippen molar-refractivity contribution in [1.82, 2.24) is 4.90 Å². The summed E-state index contributed by atoms with van der Waals surface area (Å²) >= 11 is 0. The van der Waals surface area contributed by atoms with Gasteiger partial charge < -0.3 is 14.2 Å². The van der Waals surface area contributed by atoms with Crippen LogP contribution < -0.4 is 9.47 Å². The molecule has 5 heteroatoms. The fourth-order valence-corrected chi connectivity index (χ4v) is 2.96. The van der Waals surface area contributed by atoms with Gasteiger partial charge in [-0.05, 0) is 38.4 Å². The number of hydrogen-bond acceptors (Lipinski definition) is 5. The van der Waals surface area contributed by atoms with Gasteiger partial charge in [0.15, 0.2) is 11.5 Å². The van der Waals surface area contributed by atoms with Gasteiger partial charge in [-0.25, -0.2) is 0 Å². The maximum absolute atomic E-state index is 12.0. The predicted octanol–water partition coefficient (Wildman–Crippen LogP) is 1.85. The number of rotatable bonds is 4. The Labute approximate surface area is 124 Å². The fraction of sp³-hybridized carbons (Fsp3) is 0.562. The van der Waals surface area contributed by atoms with Crippen LogP contribution in [-0.2, 0) is 9.53 Å². The van der Waals surface area contributed by atoms with Crippen molar-refractivity contribution < 1.29 is 19.0 Å². The molecule has 114 valence electrons. The molecule has 2 heterocycles. The number of hydrogen-bond donors (Lipinski definition) is 0. The van der Waals surface area contributed by atoms with E-state index in [0.29, 0.717) is 19.8 Å². The first-order valence-corrected chi connectivity index (χ1v) is 7.57. The van der Waals surface area contributed by atoms with Gasteiger partial charge in [0.05, 0.1) is 6.61 Å². The average molecular weight is 291 g/mol. The molecule has 3 rings (SSSR count). The lowest BCUT2D eigenvalue weighted by molar-refractivity contribution is -0.148. The number of benzene rings is 1. The zero-order valence-electron chi connectivity index (χ0n) is 12.3. The minimum absolute atomic E-state index is 0.0464. The van der Waals surface area contributed by atoms with E-state index in [4.69, 9.17) is 14.2 Å². The molecule has 0 bridgehead atoms. The highest BCUT2D eigenvalue weighted by atomic mass is 16.6. The van der Waals surface area contributed by atoms with Gasteiger partial charge in [-0.3, -0.25) is 9.69 Å². The molecule has 0 aliphatic carbocycles. The SMILES string of the molecule is CCOC(=O)C1CCCN1CC1COc2ccccc2O1. The molecule has 1 saturated heterocycles. The minimum Gasteiger partial charge on any atom is -0.486 e. The van der Waals surface area contributed by atoms with E-state index in [1.807, 2.05) is 31.2 Å². The molecule has 0 N–H and O–H groups in total. The molecule has 0 amide bonds. The molecule has 1 aromatic rings. The van der Waals surface area contributed by atoms with Gasteiger partial charge in [-0.2, -0.15) is 0 Å². The van der Waals surface area contributed by atoms with Gasteiger partial charge in [0.2, 0.25) is 0 Å². The van der Waals surface area contributed by atoms with E-state index >= 15 is 0 Å². The van der Waals surface area contributed by atoms with E-state index in [9.17, 15) is 4.79 Å². The van der Waals surface area contributed by atoms with E-state index < -0.39 is 0 Å². The van der Waals surface area contributed by atoms with Gasteiger partial charge in [-0.15, -0.1) is 0 Å². The molecule has 0 radical (unpaired) electrons. The summed E-state index contributed by atoms with van der Waals surface area (Å²) in [6.45, 7) is 4.39. The molecule has 5 nitrogen and oxygen atoms in total. The number of fused-ring (bicyclic) bond motifs is 1. The summed E-state index contributed by atoms with van der Waals surface area (Å²) in [5, 5.41) is 0. The highest BCUT2D eigenvalue weighted by Crippen LogP contribution is 2.31. The van der Waals surface area contributed by atoms with Crippen molar-refractivity contribution in [1.29, 1.82) is 0 Å². The van der Waals surface area contributed by atoms with Crippen LogP contribution in [0.15, 0.2) is 24.3 Å². The molecular weight excluding hydrogens is 270 g/mol. The van der Waals surface area contributed by atoms with Crippen LogP contribution in [0.5, 0.6) is 11.5 Å². The van der Waals surface area contributed by atoms with E-state index in [-0.39, 0.29) is 18.1 Å². The quantitative estimate of drug-likeness (QED) is 0.792. The standard InChI is InChI=1S/C16H21NO4/c1-2-19-16(18)13-6-5-9-17(13)10-12-11-20-14-7-3-4-8-15(14)21-12/h3-4,7-8,12-13H,2,5-6,9-11H2,1H3. The smallest absolute Gasteiger partial charge is 0.323 e. The van der Waals surface area contributed by atoms with Gasteiger partial charge in [0.1, 0.15) is 18.8 Å². The second-order valence-corrected chi connectivity index (χ2v) is 5.40. The minimum atomic E-state index is -0.134. The van der Waals surface area contributed by atoms with Crippen molar-refractivity contribution in [3.8, 4) is 11.5 Å². The number of para-hydroxylation sites is 2. The summed E-state index contributed by atoms with van der Waals surface area (Å²) in [7, 11) is 0. The molecule has 0 aromatic heterocycles. The number of nitrogens with zero attached hydrogens (tertiary/aromatic N) is 1. The molecule has 2 aliphatic heterocycles. The first-order chi connectivity index (χ1) is 10.3. The summed E-state index contributed by atoms with van der Waals surface area (Å²) in [6, 6.07) is 7.55. The molecular formula is C16H21NO4. The molecule has 1 aromatic carbocycles. The average Bonchev–Trinajstić information content (AvgIpc) is 2.95. The van der Waals surface area contributed by atoms with Crippen molar-refractivity contribution in [2.75, 3.05) is 26.3 Å². The first kappa shape index (κ1) is 14.2. The van der Waals surface area contributed by atoms with E-state index in [0.717, 1.165) is 30.9 Å². The van der Waals surface area contributed by atoms with E-state index in [1.165, 1.54) is 0 Å². The van der Waals surface area contributed by atoms with Crippen LogP contribution in [0, 0.1) is 0 Å². The van der Waals surface area contributed by atoms with Gasteiger partial charge in [-0.1, -0.05) is 12.1 Å². The molecule has 21 heavy (non-hydrogen) atoms. The Bertz CT molecular complexity index is 505. The first-order valence-electron chi connectivity index (χ1n) is 7.57. The monoisotopic (exact) mass is 291 g/mol. The Morgan fingerprint density at radius 3 is 3.00 bits per heavy atom. The maximum Gasteiger partial charge on any atom is 0.323 e. The Balaban J connectivity index is 1.61. The zero-order valence-corrected chi connectivity index (χ0v) is 12.3. The zero-order chi connectivity index (χ0) is 14.7. The molecule has 2 unspecified atom stereocenters. The normalized spacial score (nSPS) is 24.8. The summed E-state index contributed by atoms with van der Waals surface area (Å²) < 4.78 is 16.8. The molecule has 0 saturated carbocycles. The Morgan fingerprint density at radius 1 is 1.38 bits per heavy atom. The van der Waals surface area contributed by atoms with Gasteiger partial charge in [0, 0.05) is 6.54 Å². The van der Waals surface area contributed by atoms with Crippen molar-refractivity contribution in [3.05, 3.63) is 24.3 Å². The van der Waals surface area contributed by atoms with Crippen molar-refractivity contribution >= 4 is 5.97 Å². The largest absolute Gasteiger partial charge is 0.486 e. The van der Waals surface area contributed by atoms with Gasteiger partial charge >= 0.3 is 5.97 Å². The third-order valence-electron chi connectivity index (χ3n) is 3.93. The van der Waals surface area contributed by atoms with Crippen molar-refractivity contribution in [2.45, 2.75) is 31.9 Å². The topological polar surface area (TPSA) is 48.0 Å². The van der Waals surface area contributed by atoms with Crippen molar-refractivity contribution in [2.24, 2.45) is 0 Å². The Morgan fingerprint density at radius 2 is 2.19 bits per heavy atom. The van der Waals surface area contributed by atoms with Crippen molar-refractivity contribution in [3.63, 3.8) is 0 Å². The number of carbonyl (C=O) groups excluding carboxylic acids is 1. The van der Waals surface area contributed by atoms with Crippen LogP contribution in [0.2, 0.25) is 0 Å². The highest BCUT2D eigenvalue weighted by Gasteiger charge is 2.34. The summed E-state index contributed by atoms with van der Waals surface area (Å²) in [5.41, 5.74) is 0. The number of likely N-dealkylation sites (tertiary alicyclic amines) is 1. The number of carbonyl (C=O) groups is 1. The second kappa shape index (κ2) is 6.35. The molecule has 2 atom stereocenters. The highest BCUT2D eigenvalue weighted by molar-refractivity contribution is 5.76. The van der Waals surface area contributed by atoms with E-state index in [2.05, 4.69) is 4.90 Å². The molecule has 0 spiro atoms.